The Kier molecular flexibility index (Phi) is 4.54. The normalized spacial score (nSPS) is 10.6. The van der Waals surface area contributed by atoms with Gasteiger partial charge in [0.25, 0.3) is 5.91 Å². The van der Waals surface area contributed by atoms with Crippen molar-refractivity contribution in [2.75, 3.05) is 5.32 Å². The Morgan fingerprint density at radius 3 is 2.33 bits per heavy atom. The molecule has 27 heavy (non-hydrogen) atoms. The van der Waals surface area contributed by atoms with Crippen molar-refractivity contribution in [3.8, 4) is 11.5 Å². The van der Waals surface area contributed by atoms with Crippen molar-refractivity contribution in [1.29, 1.82) is 0 Å². The average Bonchev–Trinajstić information content (AvgIpc) is 2.69. The number of hydrogen-bond donors (Lipinski definition) is 1. The van der Waals surface area contributed by atoms with E-state index in [1.807, 2.05) is 67.6 Å². The fraction of sp³-hybridized carbons (Fsp3) is 0.0435. The number of rotatable bonds is 4. The van der Waals surface area contributed by atoms with Crippen molar-refractivity contribution in [1.82, 2.24) is 4.98 Å². The quantitative estimate of drug-likeness (QED) is 0.520. The highest BCUT2D eigenvalue weighted by Gasteiger charge is 2.09. The molecule has 0 aliphatic heterocycles. The molecule has 4 heteroatoms. The smallest absolute Gasteiger partial charge is 0.255 e. The van der Waals surface area contributed by atoms with Crippen LogP contribution in [0.5, 0.6) is 11.5 Å². The molecule has 0 bridgehead atoms. The zero-order chi connectivity index (χ0) is 18.6. The molecular formula is C23H18N2O2. The molecule has 0 unspecified atom stereocenters. The predicted octanol–water partition coefficient (Wildman–Crippen LogP) is 5.59. The first kappa shape index (κ1) is 16.8. The number of hydrogen-bond acceptors (Lipinski definition) is 3. The van der Waals surface area contributed by atoms with Gasteiger partial charge in [0.15, 0.2) is 0 Å². The molecule has 1 heterocycles. The van der Waals surface area contributed by atoms with Gasteiger partial charge in [-0.1, -0.05) is 24.3 Å². The molecule has 1 N–H and O–H groups in total. The average molecular weight is 354 g/mol. The second-order valence-corrected chi connectivity index (χ2v) is 6.22. The van der Waals surface area contributed by atoms with Crippen molar-refractivity contribution in [3.05, 3.63) is 96.2 Å². The first-order chi connectivity index (χ1) is 13.2. The molecule has 0 saturated heterocycles. The van der Waals surface area contributed by atoms with Crippen molar-refractivity contribution in [2.45, 2.75) is 6.92 Å². The van der Waals surface area contributed by atoms with Crippen LogP contribution in [0.15, 0.2) is 84.9 Å². The fourth-order valence-electron chi connectivity index (χ4n) is 2.86. The number of nitrogens with one attached hydrogen (secondary N) is 1. The van der Waals surface area contributed by atoms with E-state index in [-0.39, 0.29) is 5.91 Å². The summed E-state index contributed by atoms with van der Waals surface area (Å²) in [5.74, 6) is 1.27. The zero-order valence-corrected chi connectivity index (χ0v) is 14.8. The molecule has 0 saturated carbocycles. The van der Waals surface area contributed by atoms with Crippen LogP contribution in [0.3, 0.4) is 0 Å². The van der Waals surface area contributed by atoms with Crippen LogP contribution >= 0.6 is 0 Å². The summed E-state index contributed by atoms with van der Waals surface area (Å²) in [5.41, 5.74) is 3.11. The third-order valence-corrected chi connectivity index (χ3v) is 4.21. The number of anilines is 1. The molecular weight excluding hydrogens is 336 g/mol. The lowest BCUT2D eigenvalue weighted by atomic mass is 10.1. The van der Waals surface area contributed by atoms with Crippen LogP contribution < -0.4 is 10.1 Å². The van der Waals surface area contributed by atoms with Gasteiger partial charge >= 0.3 is 0 Å². The molecule has 3 aromatic carbocycles. The number of nitrogens with zero attached hydrogens (tertiary/aromatic N) is 1. The Balaban J connectivity index is 1.52. The SMILES string of the molecule is Cc1ccc2c(NC(=O)c3ccc(Oc4ccccc4)cc3)cccc2n1. The largest absolute Gasteiger partial charge is 0.457 e. The minimum atomic E-state index is -0.172. The first-order valence-electron chi connectivity index (χ1n) is 8.70. The van der Waals surface area contributed by atoms with Crippen molar-refractivity contribution < 1.29 is 9.53 Å². The molecule has 0 aliphatic carbocycles. The van der Waals surface area contributed by atoms with Gasteiger partial charge in [-0.05, 0) is 67.6 Å². The number of para-hydroxylation sites is 1. The number of carbonyl (C=O) groups excluding carboxylic acids is 1. The number of benzene rings is 3. The summed E-state index contributed by atoms with van der Waals surface area (Å²) in [6, 6.07) is 26.2. The number of aryl methyl sites for hydroxylation is 1. The van der Waals surface area contributed by atoms with Gasteiger partial charge in [-0.15, -0.1) is 0 Å². The van der Waals surface area contributed by atoms with Crippen molar-refractivity contribution in [3.63, 3.8) is 0 Å². The number of carbonyl (C=O) groups is 1. The standard InChI is InChI=1S/C23H18N2O2/c1-16-10-15-20-21(24-16)8-5-9-22(20)25-23(26)17-11-13-19(14-12-17)27-18-6-3-2-4-7-18/h2-15H,1H3,(H,25,26). The van der Waals surface area contributed by atoms with E-state index in [4.69, 9.17) is 4.74 Å². The second kappa shape index (κ2) is 7.30. The third kappa shape index (κ3) is 3.80. The second-order valence-electron chi connectivity index (χ2n) is 6.22. The number of ether oxygens (including phenoxy) is 1. The molecule has 4 aromatic rings. The fourth-order valence-corrected chi connectivity index (χ4v) is 2.86. The molecule has 0 atom stereocenters. The van der Waals surface area contributed by atoms with E-state index in [9.17, 15) is 4.79 Å². The Labute approximate surface area is 157 Å². The Morgan fingerprint density at radius 1 is 0.815 bits per heavy atom. The number of amides is 1. The maximum Gasteiger partial charge on any atom is 0.255 e. The Morgan fingerprint density at radius 2 is 1.56 bits per heavy atom. The molecule has 1 aromatic heterocycles. The lowest BCUT2D eigenvalue weighted by Gasteiger charge is -2.10. The van der Waals surface area contributed by atoms with Crippen LogP contribution in [-0.2, 0) is 0 Å². The third-order valence-electron chi connectivity index (χ3n) is 4.21. The molecule has 0 aliphatic rings. The van der Waals surface area contributed by atoms with Gasteiger partial charge in [-0.3, -0.25) is 9.78 Å². The van der Waals surface area contributed by atoms with E-state index in [0.29, 0.717) is 11.3 Å². The summed E-state index contributed by atoms with van der Waals surface area (Å²) in [6.07, 6.45) is 0. The van der Waals surface area contributed by atoms with E-state index in [2.05, 4.69) is 10.3 Å². The van der Waals surface area contributed by atoms with Crippen LogP contribution in [-0.4, -0.2) is 10.9 Å². The number of pyridine rings is 1. The molecule has 132 valence electrons. The topological polar surface area (TPSA) is 51.2 Å². The zero-order valence-electron chi connectivity index (χ0n) is 14.8. The molecule has 4 rings (SSSR count). The molecule has 1 amide bonds. The summed E-state index contributed by atoms with van der Waals surface area (Å²) < 4.78 is 5.76. The number of fused-ring (bicyclic) bond motifs is 1. The maximum absolute atomic E-state index is 12.6. The summed E-state index contributed by atoms with van der Waals surface area (Å²) in [4.78, 5) is 17.1. The van der Waals surface area contributed by atoms with Gasteiger partial charge in [0.05, 0.1) is 11.2 Å². The lowest BCUT2D eigenvalue weighted by molar-refractivity contribution is 0.102. The molecule has 4 nitrogen and oxygen atoms in total. The molecule has 0 radical (unpaired) electrons. The predicted molar refractivity (Wildman–Crippen MR) is 107 cm³/mol. The lowest BCUT2D eigenvalue weighted by Crippen LogP contribution is -2.12. The van der Waals surface area contributed by atoms with Crippen molar-refractivity contribution in [2.24, 2.45) is 0 Å². The van der Waals surface area contributed by atoms with Gasteiger partial charge in [-0.25, -0.2) is 0 Å². The summed E-state index contributed by atoms with van der Waals surface area (Å²) in [5, 5.41) is 3.89. The van der Waals surface area contributed by atoms with E-state index < -0.39 is 0 Å². The van der Waals surface area contributed by atoms with E-state index >= 15 is 0 Å². The van der Waals surface area contributed by atoms with Crippen molar-refractivity contribution >= 4 is 22.5 Å². The van der Waals surface area contributed by atoms with Crippen LogP contribution in [0.1, 0.15) is 16.1 Å². The van der Waals surface area contributed by atoms with Gasteiger partial charge < -0.3 is 10.1 Å². The highest BCUT2D eigenvalue weighted by molar-refractivity contribution is 6.08. The Hall–Kier alpha value is -3.66. The van der Waals surface area contributed by atoms with Crippen LogP contribution in [0.4, 0.5) is 5.69 Å². The highest BCUT2D eigenvalue weighted by atomic mass is 16.5. The van der Waals surface area contributed by atoms with E-state index in [1.54, 1.807) is 24.3 Å². The minimum absolute atomic E-state index is 0.172. The highest BCUT2D eigenvalue weighted by Crippen LogP contribution is 2.24. The Bertz CT molecular complexity index is 1090. The van der Waals surface area contributed by atoms with Gasteiger partial charge in [0.2, 0.25) is 0 Å². The maximum atomic E-state index is 12.6. The monoisotopic (exact) mass is 354 g/mol. The summed E-state index contributed by atoms with van der Waals surface area (Å²) in [7, 11) is 0. The summed E-state index contributed by atoms with van der Waals surface area (Å²) in [6.45, 7) is 1.95. The van der Waals surface area contributed by atoms with Gasteiger partial charge in [-0.2, -0.15) is 0 Å². The van der Waals surface area contributed by atoms with Crippen LogP contribution in [0, 0.1) is 6.92 Å². The van der Waals surface area contributed by atoms with E-state index in [1.165, 1.54) is 0 Å². The number of aromatic nitrogens is 1. The van der Waals surface area contributed by atoms with Crippen LogP contribution in [0.25, 0.3) is 10.9 Å². The van der Waals surface area contributed by atoms with Gasteiger partial charge in [0, 0.05) is 16.6 Å². The minimum Gasteiger partial charge on any atom is -0.457 e. The van der Waals surface area contributed by atoms with E-state index in [0.717, 1.165) is 28.0 Å². The molecule has 0 fully saturated rings. The molecule has 0 spiro atoms. The van der Waals surface area contributed by atoms with Gasteiger partial charge in [0.1, 0.15) is 11.5 Å². The van der Waals surface area contributed by atoms with Crippen LogP contribution in [0.2, 0.25) is 0 Å². The summed E-state index contributed by atoms with van der Waals surface area (Å²) >= 11 is 0. The first-order valence-corrected chi connectivity index (χ1v) is 8.70.